The number of aliphatic hydroxyl groups excluding tert-OH is 1. The number of aliphatic hydroxyl groups is 1. The summed E-state index contributed by atoms with van der Waals surface area (Å²) < 4.78 is 0. The third-order valence-electron chi connectivity index (χ3n) is 5.37. The molecule has 0 amide bonds. The average Bonchev–Trinajstić information content (AvgIpc) is 2.48. The zero-order chi connectivity index (χ0) is 14.4. The van der Waals surface area contributed by atoms with Crippen LogP contribution >= 0.6 is 0 Å². The highest BCUT2D eigenvalue weighted by Crippen LogP contribution is 2.39. The lowest BCUT2D eigenvalue weighted by Gasteiger charge is -2.43. The number of carbonyl (C=O) groups is 1. The Morgan fingerprint density at radius 3 is 2.55 bits per heavy atom. The van der Waals surface area contributed by atoms with Gasteiger partial charge in [0, 0.05) is 24.5 Å². The molecule has 0 radical (unpaired) electrons. The van der Waals surface area contributed by atoms with Gasteiger partial charge in [-0.25, -0.2) is 0 Å². The first-order valence-corrected chi connectivity index (χ1v) is 8.50. The molecular formula is C17H31NO2. The summed E-state index contributed by atoms with van der Waals surface area (Å²) in [4.78, 5) is 14.2. The van der Waals surface area contributed by atoms with Crippen molar-refractivity contribution >= 4 is 6.29 Å². The van der Waals surface area contributed by atoms with Gasteiger partial charge in [-0.1, -0.05) is 39.0 Å². The van der Waals surface area contributed by atoms with E-state index in [2.05, 4.69) is 11.8 Å². The second-order valence-corrected chi connectivity index (χ2v) is 7.17. The van der Waals surface area contributed by atoms with Crippen LogP contribution in [0.25, 0.3) is 0 Å². The van der Waals surface area contributed by atoms with E-state index < -0.39 is 0 Å². The van der Waals surface area contributed by atoms with Crippen LogP contribution in [-0.4, -0.2) is 42.0 Å². The first-order chi connectivity index (χ1) is 9.69. The van der Waals surface area contributed by atoms with Gasteiger partial charge >= 0.3 is 0 Å². The molecule has 0 aromatic rings. The van der Waals surface area contributed by atoms with Gasteiger partial charge in [-0.15, -0.1) is 0 Å². The highest BCUT2D eigenvalue weighted by molar-refractivity contribution is 5.60. The summed E-state index contributed by atoms with van der Waals surface area (Å²) in [5.74, 6) is 0.663. The molecule has 2 fully saturated rings. The van der Waals surface area contributed by atoms with Crippen molar-refractivity contribution in [3.05, 3.63) is 0 Å². The standard InChI is InChI=1S/C17H31NO2/c1-15-6-5-9-17(12-15,14-20)13-18(10-11-19)16-7-3-2-4-8-16/h14-16,19H,2-13H2,1H3. The highest BCUT2D eigenvalue weighted by atomic mass is 16.3. The Labute approximate surface area is 123 Å². The lowest BCUT2D eigenvalue weighted by atomic mass is 9.70. The highest BCUT2D eigenvalue weighted by Gasteiger charge is 2.37. The van der Waals surface area contributed by atoms with Crippen LogP contribution in [0.2, 0.25) is 0 Å². The number of rotatable bonds is 6. The predicted molar refractivity (Wildman–Crippen MR) is 81.7 cm³/mol. The molecule has 3 nitrogen and oxygen atoms in total. The molecule has 1 N–H and O–H groups in total. The van der Waals surface area contributed by atoms with E-state index in [9.17, 15) is 9.90 Å². The van der Waals surface area contributed by atoms with Crippen molar-refractivity contribution in [3.8, 4) is 0 Å². The quantitative estimate of drug-likeness (QED) is 0.761. The van der Waals surface area contributed by atoms with E-state index in [1.807, 2.05) is 0 Å². The van der Waals surface area contributed by atoms with Crippen LogP contribution in [-0.2, 0) is 4.79 Å². The van der Waals surface area contributed by atoms with Crippen molar-refractivity contribution < 1.29 is 9.90 Å². The normalized spacial score (nSPS) is 32.5. The van der Waals surface area contributed by atoms with E-state index in [1.54, 1.807) is 0 Å². The molecule has 20 heavy (non-hydrogen) atoms. The van der Waals surface area contributed by atoms with Crippen LogP contribution in [0.3, 0.4) is 0 Å². The third kappa shape index (κ3) is 4.05. The molecule has 3 heteroatoms. The van der Waals surface area contributed by atoms with Crippen molar-refractivity contribution in [3.63, 3.8) is 0 Å². The molecule has 0 saturated heterocycles. The number of nitrogens with zero attached hydrogens (tertiary/aromatic N) is 1. The van der Waals surface area contributed by atoms with Crippen molar-refractivity contribution in [1.29, 1.82) is 0 Å². The maximum Gasteiger partial charge on any atom is 0.127 e. The Bertz CT molecular complexity index is 301. The topological polar surface area (TPSA) is 40.5 Å². The molecule has 0 aromatic heterocycles. The van der Waals surface area contributed by atoms with Gasteiger partial charge < -0.3 is 9.90 Å². The SMILES string of the molecule is CC1CCCC(C=O)(CN(CCO)C2CCCCC2)C1. The summed E-state index contributed by atoms with van der Waals surface area (Å²) in [5, 5.41) is 9.38. The molecule has 2 aliphatic carbocycles. The zero-order valence-electron chi connectivity index (χ0n) is 13.0. The summed E-state index contributed by atoms with van der Waals surface area (Å²) in [6.45, 7) is 4.08. The largest absolute Gasteiger partial charge is 0.395 e. The fourth-order valence-electron chi connectivity index (χ4n) is 4.36. The molecule has 2 aliphatic rings. The maximum absolute atomic E-state index is 11.8. The van der Waals surface area contributed by atoms with Crippen LogP contribution in [0.5, 0.6) is 0 Å². The lowest BCUT2D eigenvalue weighted by Crippen LogP contribution is -2.47. The average molecular weight is 281 g/mol. The molecule has 0 aromatic carbocycles. The molecule has 2 atom stereocenters. The molecule has 0 aliphatic heterocycles. The Morgan fingerprint density at radius 1 is 1.20 bits per heavy atom. The first-order valence-electron chi connectivity index (χ1n) is 8.50. The maximum atomic E-state index is 11.8. The van der Waals surface area contributed by atoms with Gasteiger partial charge in [-0.3, -0.25) is 4.90 Å². The van der Waals surface area contributed by atoms with Gasteiger partial charge in [0.15, 0.2) is 0 Å². The Morgan fingerprint density at radius 2 is 1.95 bits per heavy atom. The summed E-state index contributed by atoms with van der Waals surface area (Å²) >= 11 is 0. The third-order valence-corrected chi connectivity index (χ3v) is 5.37. The number of hydrogen-bond acceptors (Lipinski definition) is 3. The summed E-state index contributed by atoms with van der Waals surface area (Å²) in [5.41, 5.74) is -0.149. The van der Waals surface area contributed by atoms with Crippen LogP contribution in [0.4, 0.5) is 0 Å². The summed E-state index contributed by atoms with van der Waals surface area (Å²) in [6.07, 6.45) is 12.2. The predicted octanol–water partition coefficient (Wildman–Crippen LogP) is 3.01. The number of hydrogen-bond donors (Lipinski definition) is 1. The molecule has 2 unspecified atom stereocenters. The lowest BCUT2D eigenvalue weighted by molar-refractivity contribution is -0.120. The molecule has 2 rings (SSSR count). The van der Waals surface area contributed by atoms with E-state index in [-0.39, 0.29) is 12.0 Å². The van der Waals surface area contributed by atoms with Crippen LogP contribution in [0.1, 0.15) is 64.7 Å². The number of carbonyl (C=O) groups excluding carboxylic acids is 1. The Kier molecular flexibility index (Phi) is 6.03. The summed E-state index contributed by atoms with van der Waals surface area (Å²) in [6, 6.07) is 0.588. The van der Waals surface area contributed by atoms with Crippen molar-refractivity contribution in [1.82, 2.24) is 4.90 Å². The van der Waals surface area contributed by atoms with Crippen molar-refractivity contribution in [2.45, 2.75) is 70.8 Å². The fraction of sp³-hybridized carbons (Fsp3) is 0.941. The van der Waals surface area contributed by atoms with Crippen molar-refractivity contribution in [2.24, 2.45) is 11.3 Å². The molecule has 0 heterocycles. The van der Waals surface area contributed by atoms with Gasteiger partial charge in [0.1, 0.15) is 6.29 Å². The number of aldehydes is 1. The molecular weight excluding hydrogens is 250 g/mol. The molecule has 0 spiro atoms. The monoisotopic (exact) mass is 281 g/mol. The van der Waals surface area contributed by atoms with Crippen LogP contribution in [0.15, 0.2) is 0 Å². The smallest absolute Gasteiger partial charge is 0.127 e. The van der Waals surface area contributed by atoms with Gasteiger partial charge in [0.05, 0.1) is 6.61 Å². The van der Waals surface area contributed by atoms with Gasteiger partial charge in [-0.05, 0) is 31.6 Å². The molecule has 0 bridgehead atoms. The minimum Gasteiger partial charge on any atom is -0.395 e. The first kappa shape index (κ1) is 16.0. The van der Waals surface area contributed by atoms with Crippen LogP contribution < -0.4 is 0 Å². The van der Waals surface area contributed by atoms with Gasteiger partial charge in [0.2, 0.25) is 0 Å². The van der Waals surface area contributed by atoms with E-state index >= 15 is 0 Å². The second kappa shape index (κ2) is 7.56. The second-order valence-electron chi connectivity index (χ2n) is 7.17. The fourth-order valence-corrected chi connectivity index (χ4v) is 4.36. The van der Waals surface area contributed by atoms with Crippen molar-refractivity contribution in [2.75, 3.05) is 19.7 Å². The van der Waals surface area contributed by atoms with Gasteiger partial charge in [-0.2, -0.15) is 0 Å². The van der Waals surface area contributed by atoms with E-state index in [4.69, 9.17) is 0 Å². The van der Waals surface area contributed by atoms with E-state index in [0.717, 1.165) is 25.9 Å². The minimum absolute atomic E-state index is 0.149. The van der Waals surface area contributed by atoms with Crippen LogP contribution in [0, 0.1) is 11.3 Å². The van der Waals surface area contributed by atoms with E-state index in [1.165, 1.54) is 51.2 Å². The van der Waals surface area contributed by atoms with Gasteiger partial charge in [0.25, 0.3) is 0 Å². The van der Waals surface area contributed by atoms with E-state index in [0.29, 0.717) is 12.0 Å². The Balaban J connectivity index is 2.02. The molecule has 2 saturated carbocycles. The summed E-state index contributed by atoms with van der Waals surface area (Å²) in [7, 11) is 0. The Hall–Kier alpha value is -0.410. The minimum atomic E-state index is -0.149. The zero-order valence-corrected chi connectivity index (χ0v) is 13.0. The molecule has 116 valence electrons.